The topological polar surface area (TPSA) is 0 Å². The van der Waals surface area contributed by atoms with E-state index in [0.29, 0.717) is 11.8 Å². The van der Waals surface area contributed by atoms with Gasteiger partial charge in [-0.2, -0.15) is 0 Å². The molecule has 0 spiro atoms. The molecule has 0 bridgehead atoms. The van der Waals surface area contributed by atoms with Crippen molar-refractivity contribution in [1.82, 2.24) is 0 Å². The molecular weight excluding hydrogens is 432 g/mol. The van der Waals surface area contributed by atoms with Crippen LogP contribution in [0.25, 0.3) is 12.2 Å². The summed E-state index contributed by atoms with van der Waals surface area (Å²) in [5.41, 5.74) is 9.43. The van der Waals surface area contributed by atoms with Crippen molar-refractivity contribution in [1.29, 1.82) is 0 Å². The molecule has 144 valence electrons. The predicted octanol–water partition coefficient (Wildman–Crippen LogP) is 7.44. The van der Waals surface area contributed by atoms with Gasteiger partial charge in [0.25, 0.3) is 0 Å². The van der Waals surface area contributed by atoms with E-state index in [1.165, 1.54) is 11.1 Å². The van der Waals surface area contributed by atoms with Crippen molar-refractivity contribution in [2.75, 3.05) is 0 Å². The monoisotopic (exact) mass is 462 g/mol. The maximum absolute atomic E-state index is 2.62. The van der Waals surface area contributed by atoms with Gasteiger partial charge >= 0.3 is 180 Å². The minimum atomic E-state index is -1.91. The van der Waals surface area contributed by atoms with Crippen LogP contribution in [0.5, 0.6) is 0 Å². The SMILES string of the molecule is CC(C)C1=Cc2ccccc2[CH]1[Zr]([CH]1C(C(C)C)=Cc2ccccc21)=[Si](C)C. The first-order chi connectivity index (χ1) is 13.4. The zero-order valence-corrected chi connectivity index (χ0v) is 21.5. The Morgan fingerprint density at radius 1 is 0.679 bits per heavy atom. The number of benzene rings is 2. The van der Waals surface area contributed by atoms with E-state index in [9.17, 15) is 0 Å². The van der Waals surface area contributed by atoms with Gasteiger partial charge < -0.3 is 0 Å². The maximum atomic E-state index is 2.62. The second kappa shape index (κ2) is 8.04. The molecule has 0 amide bonds. The summed E-state index contributed by atoms with van der Waals surface area (Å²) in [4.78, 5) is 0. The standard InChI is InChI=1S/2C12H13.C2H6Si.Zr/c2*1-9(2)12-7-10-5-3-4-6-11(10)8-12;1-3-2;/h2*3-9H,1-2H3;1-2H3;. The van der Waals surface area contributed by atoms with E-state index in [1.807, 2.05) is 0 Å². The molecule has 0 saturated carbocycles. The van der Waals surface area contributed by atoms with Crippen LogP contribution in [0.4, 0.5) is 0 Å². The molecule has 0 nitrogen and oxygen atoms in total. The van der Waals surface area contributed by atoms with Crippen LogP contribution in [-0.4, -0.2) is 5.43 Å². The Hall–Kier alpha value is -0.980. The summed E-state index contributed by atoms with van der Waals surface area (Å²) in [6.07, 6.45) is 5.10. The molecule has 2 aliphatic carbocycles. The number of allylic oxidation sites excluding steroid dienone is 2. The van der Waals surface area contributed by atoms with Crippen LogP contribution in [0.2, 0.25) is 13.1 Å². The number of hydrogen-bond acceptors (Lipinski definition) is 0. The first kappa shape index (κ1) is 20.3. The van der Waals surface area contributed by atoms with Crippen molar-refractivity contribution in [3.05, 3.63) is 81.9 Å². The van der Waals surface area contributed by atoms with Crippen molar-refractivity contribution in [3.8, 4) is 0 Å². The first-order valence-electron chi connectivity index (χ1n) is 10.7. The molecule has 2 heteroatoms. The molecule has 2 atom stereocenters. The summed E-state index contributed by atoms with van der Waals surface area (Å²) in [6.45, 7) is 14.9. The van der Waals surface area contributed by atoms with Gasteiger partial charge in [-0.05, 0) is 0 Å². The minimum absolute atomic E-state index is 0.338. The van der Waals surface area contributed by atoms with Gasteiger partial charge in [0.05, 0.1) is 0 Å². The Bertz CT molecular complexity index is 927. The summed E-state index contributed by atoms with van der Waals surface area (Å²) in [7, 11) is 0. The fourth-order valence-corrected chi connectivity index (χ4v) is 26.2. The molecule has 0 aliphatic heterocycles. The van der Waals surface area contributed by atoms with Crippen molar-refractivity contribution in [3.63, 3.8) is 0 Å². The molecule has 0 heterocycles. The van der Waals surface area contributed by atoms with Crippen LogP contribution in [0, 0.1) is 11.8 Å². The van der Waals surface area contributed by atoms with Crippen LogP contribution in [0.3, 0.4) is 0 Å². The molecule has 0 fully saturated rings. The molecule has 0 saturated heterocycles. The number of hydrogen-bond donors (Lipinski definition) is 0. The van der Waals surface area contributed by atoms with Crippen LogP contribution < -0.4 is 0 Å². The Labute approximate surface area is 179 Å². The third-order valence-corrected chi connectivity index (χ3v) is 25.8. The van der Waals surface area contributed by atoms with Gasteiger partial charge in [0.15, 0.2) is 0 Å². The Kier molecular flexibility index (Phi) is 5.83. The second-order valence-corrected chi connectivity index (χ2v) is 27.0. The molecule has 2 aromatic carbocycles. The van der Waals surface area contributed by atoms with Gasteiger partial charge in [-0.3, -0.25) is 0 Å². The molecule has 4 rings (SSSR count). The Morgan fingerprint density at radius 3 is 1.43 bits per heavy atom. The van der Waals surface area contributed by atoms with E-state index < -0.39 is 20.4 Å². The van der Waals surface area contributed by atoms with Gasteiger partial charge in [0, 0.05) is 0 Å². The molecule has 0 N–H and O–H groups in total. The van der Waals surface area contributed by atoms with Gasteiger partial charge in [-0.15, -0.1) is 0 Å². The fraction of sp³-hybridized carbons (Fsp3) is 0.385. The Balaban J connectivity index is 1.93. The van der Waals surface area contributed by atoms with Crippen LogP contribution >= 0.6 is 0 Å². The summed E-state index contributed by atoms with van der Waals surface area (Å²) in [6, 6.07) is 18.5. The summed E-state index contributed by atoms with van der Waals surface area (Å²) >= 11 is -1.91. The van der Waals surface area contributed by atoms with Crippen molar-refractivity contribution < 1.29 is 20.4 Å². The van der Waals surface area contributed by atoms with Crippen molar-refractivity contribution >= 4 is 17.6 Å². The fourth-order valence-electron chi connectivity index (χ4n) is 5.13. The van der Waals surface area contributed by atoms with Gasteiger partial charge in [0.2, 0.25) is 0 Å². The molecule has 0 aromatic heterocycles. The number of rotatable bonds is 4. The molecular formula is C26H32SiZr. The summed E-state index contributed by atoms with van der Waals surface area (Å²) in [5, 5.41) is 0. The quantitative estimate of drug-likeness (QED) is 0.413. The average Bonchev–Trinajstić information content (AvgIpc) is 3.22. The van der Waals surface area contributed by atoms with Crippen LogP contribution in [0.15, 0.2) is 59.7 Å². The van der Waals surface area contributed by atoms with Gasteiger partial charge in [-0.1, -0.05) is 0 Å². The van der Waals surface area contributed by atoms with Crippen molar-refractivity contribution in [2.24, 2.45) is 11.8 Å². The summed E-state index contributed by atoms with van der Waals surface area (Å²) in [5.74, 6) is 1.27. The normalized spacial score (nSPS) is 20.1. The molecule has 2 aliphatic rings. The van der Waals surface area contributed by atoms with Gasteiger partial charge in [0.1, 0.15) is 0 Å². The molecule has 2 unspecified atom stereocenters. The number of fused-ring (bicyclic) bond motifs is 2. The summed E-state index contributed by atoms with van der Waals surface area (Å²) < 4.78 is 1.50. The van der Waals surface area contributed by atoms with E-state index in [4.69, 9.17) is 0 Å². The van der Waals surface area contributed by atoms with Gasteiger partial charge in [-0.25, -0.2) is 0 Å². The Morgan fingerprint density at radius 2 is 1.07 bits per heavy atom. The third-order valence-electron chi connectivity index (χ3n) is 6.46. The van der Waals surface area contributed by atoms with Crippen LogP contribution in [-0.2, 0) is 20.4 Å². The molecule has 28 heavy (non-hydrogen) atoms. The van der Waals surface area contributed by atoms with E-state index in [1.54, 1.807) is 22.3 Å². The molecule has 0 radical (unpaired) electrons. The predicted molar refractivity (Wildman–Crippen MR) is 121 cm³/mol. The van der Waals surface area contributed by atoms with E-state index in [2.05, 4.69) is 101 Å². The average molecular weight is 464 g/mol. The zero-order valence-electron chi connectivity index (χ0n) is 18.1. The van der Waals surface area contributed by atoms with Crippen LogP contribution in [0.1, 0.15) is 57.2 Å². The second-order valence-electron chi connectivity index (χ2n) is 9.18. The first-order valence-corrected chi connectivity index (χ1v) is 19.7. The van der Waals surface area contributed by atoms with E-state index in [0.717, 1.165) is 7.25 Å². The zero-order chi connectivity index (χ0) is 20.0. The molecule has 2 aromatic rings. The van der Waals surface area contributed by atoms with E-state index in [-0.39, 0.29) is 5.43 Å². The van der Waals surface area contributed by atoms with Crippen molar-refractivity contribution in [2.45, 2.75) is 48.0 Å². The van der Waals surface area contributed by atoms with E-state index >= 15 is 0 Å². The third kappa shape index (κ3) is 3.41.